The van der Waals surface area contributed by atoms with Crippen LogP contribution in [0, 0.1) is 0 Å². The Morgan fingerprint density at radius 1 is 1.00 bits per heavy atom. The lowest BCUT2D eigenvalue weighted by molar-refractivity contribution is -0.124. The first-order chi connectivity index (χ1) is 11.1. The Morgan fingerprint density at radius 3 is 2.35 bits per heavy atom. The van der Waals surface area contributed by atoms with Gasteiger partial charge in [-0.05, 0) is 47.6 Å². The summed E-state index contributed by atoms with van der Waals surface area (Å²) < 4.78 is 28.6. The number of carbonyl (C=O) groups is 1. The first-order valence-corrected chi connectivity index (χ1v) is 7.74. The fourth-order valence-corrected chi connectivity index (χ4v) is 2.85. The number of hydrogen-bond acceptors (Lipinski definition) is 2. The molecule has 0 aliphatic heterocycles. The molecule has 1 fully saturated rings. The number of halogens is 2. The van der Waals surface area contributed by atoms with E-state index in [1.807, 2.05) is 18.2 Å². The largest absolute Gasteiger partial charge is 0.435 e. The molecular weight excluding hydrogens is 298 g/mol. The number of ketones is 1. The fraction of sp³-hybridized carbons (Fsp3) is 0.316. The van der Waals surface area contributed by atoms with Crippen molar-refractivity contribution >= 4 is 5.78 Å². The van der Waals surface area contributed by atoms with E-state index in [1.54, 1.807) is 12.1 Å². The van der Waals surface area contributed by atoms with Crippen LogP contribution in [0.4, 0.5) is 8.78 Å². The molecule has 1 saturated carbocycles. The van der Waals surface area contributed by atoms with Crippen molar-refractivity contribution in [1.29, 1.82) is 0 Å². The highest BCUT2D eigenvalue weighted by molar-refractivity contribution is 5.86. The summed E-state index contributed by atoms with van der Waals surface area (Å²) in [5, 5.41) is 0. The average Bonchev–Trinajstić information content (AvgIpc) is 2.51. The van der Waals surface area contributed by atoms with Gasteiger partial charge in [-0.2, -0.15) is 8.78 Å². The number of rotatable bonds is 6. The Morgan fingerprint density at radius 2 is 1.70 bits per heavy atom. The summed E-state index contributed by atoms with van der Waals surface area (Å²) in [4.78, 5) is 11.1. The Hall–Kier alpha value is -2.23. The molecule has 0 bridgehead atoms. The molecule has 1 aliphatic carbocycles. The monoisotopic (exact) mass is 316 g/mol. The van der Waals surface area contributed by atoms with Crippen LogP contribution in [0.15, 0.2) is 48.5 Å². The molecule has 2 aromatic rings. The van der Waals surface area contributed by atoms with Crippen molar-refractivity contribution in [1.82, 2.24) is 0 Å². The minimum Gasteiger partial charge on any atom is -0.435 e. The zero-order valence-corrected chi connectivity index (χ0v) is 12.7. The van der Waals surface area contributed by atoms with Crippen LogP contribution in [0.1, 0.15) is 35.4 Å². The molecule has 23 heavy (non-hydrogen) atoms. The number of alkyl halides is 2. The molecule has 3 rings (SSSR count). The standard InChI is InChI=1S/C19H18F2O2/c20-19(21)23-18-8-6-13(7-9-18)4-5-14-2-1-3-15(10-14)16-11-17(22)12-16/h1-3,6-10,16,19H,4-5,11-12H2. The van der Waals surface area contributed by atoms with Gasteiger partial charge in [0.25, 0.3) is 0 Å². The van der Waals surface area contributed by atoms with Crippen LogP contribution in [0.5, 0.6) is 5.75 Å². The van der Waals surface area contributed by atoms with E-state index in [0.29, 0.717) is 24.5 Å². The van der Waals surface area contributed by atoms with Crippen LogP contribution < -0.4 is 4.74 Å². The lowest BCUT2D eigenvalue weighted by Crippen LogP contribution is -2.21. The molecule has 2 aromatic carbocycles. The second-order valence-electron chi connectivity index (χ2n) is 5.91. The van der Waals surface area contributed by atoms with Crippen LogP contribution >= 0.6 is 0 Å². The quantitative estimate of drug-likeness (QED) is 0.783. The van der Waals surface area contributed by atoms with Crippen molar-refractivity contribution in [2.75, 3.05) is 0 Å². The summed E-state index contributed by atoms with van der Waals surface area (Å²) in [6.07, 6.45) is 3.04. The molecule has 4 heteroatoms. The molecule has 0 N–H and O–H groups in total. The van der Waals surface area contributed by atoms with Crippen LogP contribution in [-0.2, 0) is 17.6 Å². The van der Waals surface area contributed by atoms with Crippen molar-refractivity contribution in [2.24, 2.45) is 0 Å². The number of hydrogen-bond donors (Lipinski definition) is 0. The highest BCUT2D eigenvalue weighted by Crippen LogP contribution is 2.33. The number of aryl methyl sites for hydroxylation is 2. The molecule has 0 spiro atoms. The Labute approximate surface area is 134 Å². The van der Waals surface area contributed by atoms with E-state index < -0.39 is 6.61 Å². The Balaban J connectivity index is 1.57. The second-order valence-corrected chi connectivity index (χ2v) is 5.91. The SMILES string of the molecule is O=C1CC(c2cccc(CCc3ccc(OC(F)F)cc3)c2)C1. The Kier molecular flexibility index (Phi) is 4.70. The number of benzene rings is 2. The van der Waals surface area contributed by atoms with E-state index in [4.69, 9.17) is 0 Å². The van der Waals surface area contributed by atoms with Gasteiger partial charge < -0.3 is 4.74 Å². The van der Waals surface area contributed by atoms with Crippen molar-refractivity contribution in [2.45, 2.75) is 38.2 Å². The zero-order valence-electron chi connectivity index (χ0n) is 12.7. The van der Waals surface area contributed by atoms with Gasteiger partial charge in [0.05, 0.1) is 0 Å². The van der Waals surface area contributed by atoms with Crippen molar-refractivity contribution < 1.29 is 18.3 Å². The fourth-order valence-electron chi connectivity index (χ4n) is 2.85. The summed E-state index contributed by atoms with van der Waals surface area (Å²) in [7, 11) is 0. The molecule has 0 radical (unpaired) electrons. The maximum Gasteiger partial charge on any atom is 0.387 e. The van der Waals surface area contributed by atoms with Crippen molar-refractivity contribution in [3.8, 4) is 5.75 Å². The molecule has 0 heterocycles. The van der Waals surface area contributed by atoms with Gasteiger partial charge in [0.15, 0.2) is 0 Å². The van der Waals surface area contributed by atoms with Gasteiger partial charge >= 0.3 is 6.61 Å². The maximum absolute atomic E-state index is 12.1. The van der Waals surface area contributed by atoms with Crippen LogP contribution in [0.3, 0.4) is 0 Å². The van der Waals surface area contributed by atoms with Gasteiger partial charge in [-0.25, -0.2) is 0 Å². The van der Waals surface area contributed by atoms with E-state index in [-0.39, 0.29) is 5.75 Å². The molecule has 0 aromatic heterocycles. The molecule has 2 nitrogen and oxygen atoms in total. The lowest BCUT2D eigenvalue weighted by Gasteiger charge is -2.24. The molecule has 120 valence electrons. The summed E-state index contributed by atoms with van der Waals surface area (Å²) in [5.74, 6) is 0.903. The molecule has 1 aliphatic rings. The van der Waals surface area contributed by atoms with Gasteiger partial charge in [0.2, 0.25) is 0 Å². The van der Waals surface area contributed by atoms with Gasteiger partial charge in [0, 0.05) is 12.8 Å². The van der Waals surface area contributed by atoms with E-state index >= 15 is 0 Å². The second kappa shape index (κ2) is 6.90. The maximum atomic E-state index is 12.1. The highest BCUT2D eigenvalue weighted by Gasteiger charge is 2.27. The summed E-state index contributed by atoms with van der Waals surface area (Å²) in [6, 6.07) is 15.1. The van der Waals surface area contributed by atoms with Gasteiger partial charge in [0.1, 0.15) is 11.5 Å². The predicted molar refractivity (Wildman–Crippen MR) is 83.9 cm³/mol. The first kappa shape index (κ1) is 15.7. The summed E-state index contributed by atoms with van der Waals surface area (Å²) in [6.45, 7) is -2.79. The molecule has 0 saturated heterocycles. The Bertz CT molecular complexity index is 672. The van der Waals surface area contributed by atoms with Crippen molar-refractivity contribution in [3.63, 3.8) is 0 Å². The molecule has 0 atom stereocenters. The van der Waals surface area contributed by atoms with Gasteiger partial charge in [-0.15, -0.1) is 0 Å². The number of carbonyl (C=O) groups excluding carboxylic acids is 1. The summed E-state index contributed by atoms with van der Waals surface area (Å²) >= 11 is 0. The lowest BCUT2D eigenvalue weighted by atomic mass is 9.78. The van der Waals surface area contributed by atoms with Crippen LogP contribution in [-0.4, -0.2) is 12.4 Å². The summed E-state index contributed by atoms with van der Waals surface area (Å²) in [5.41, 5.74) is 3.55. The first-order valence-electron chi connectivity index (χ1n) is 7.74. The van der Waals surface area contributed by atoms with Crippen LogP contribution in [0.2, 0.25) is 0 Å². The van der Waals surface area contributed by atoms with Gasteiger partial charge in [-0.3, -0.25) is 4.79 Å². The van der Waals surface area contributed by atoms with E-state index in [0.717, 1.165) is 18.4 Å². The van der Waals surface area contributed by atoms with Gasteiger partial charge in [-0.1, -0.05) is 36.4 Å². The van der Waals surface area contributed by atoms with Crippen LogP contribution in [0.25, 0.3) is 0 Å². The molecule has 0 unspecified atom stereocenters. The molecular formula is C19H18F2O2. The highest BCUT2D eigenvalue weighted by atomic mass is 19.3. The minimum absolute atomic E-state index is 0.181. The third-order valence-corrected chi connectivity index (χ3v) is 4.22. The minimum atomic E-state index is -2.79. The average molecular weight is 316 g/mol. The topological polar surface area (TPSA) is 26.3 Å². The zero-order chi connectivity index (χ0) is 16.2. The van der Waals surface area contributed by atoms with E-state index in [1.165, 1.54) is 11.1 Å². The smallest absolute Gasteiger partial charge is 0.387 e. The van der Waals surface area contributed by atoms with E-state index in [2.05, 4.69) is 22.9 Å². The molecule has 0 amide bonds. The third-order valence-electron chi connectivity index (χ3n) is 4.22. The van der Waals surface area contributed by atoms with Crippen molar-refractivity contribution in [3.05, 3.63) is 65.2 Å². The van der Waals surface area contributed by atoms with E-state index in [9.17, 15) is 13.6 Å². The number of ether oxygens (including phenoxy) is 1. The predicted octanol–water partition coefficient (Wildman–Crippen LogP) is 4.52. The normalized spacial score (nSPS) is 14.8. The number of Topliss-reactive ketones (excluding diaryl/α,β-unsaturated/α-hetero) is 1. The third kappa shape index (κ3) is 4.15.